The van der Waals surface area contributed by atoms with Crippen LogP contribution >= 0.6 is 0 Å². The lowest BCUT2D eigenvalue weighted by Crippen LogP contribution is -2.32. The van der Waals surface area contributed by atoms with Crippen molar-refractivity contribution in [1.29, 1.82) is 0 Å². The van der Waals surface area contributed by atoms with E-state index in [0.717, 1.165) is 40.4 Å². The zero-order chi connectivity index (χ0) is 19.4. The number of carbonyl (C=O) groups excluding carboxylic acids is 1. The van der Waals surface area contributed by atoms with Gasteiger partial charge in [0.25, 0.3) is 0 Å². The molecule has 29 heavy (non-hydrogen) atoms. The van der Waals surface area contributed by atoms with Crippen LogP contribution in [0.2, 0.25) is 0 Å². The van der Waals surface area contributed by atoms with E-state index in [0.29, 0.717) is 6.42 Å². The SMILES string of the molecule is O=C1C[C@H](c2ccccc2)CC2=C1[C@H](c1ccco1)n1c(nc3ccccc31)N2. The van der Waals surface area contributed by atoms with Crippen molar-refractivity contribution in [3.63, 3.8) is 0 Å². The predicted molar refractivity (Wildman–Crippen MR) is 111 cm³/mol. The number of imidazole rings is 1. The van der Waals surface area contributed by atoms with Gasteiger partial charge < -0.3 is 9.73 Å². The first-order valence-electron chi connectivity index (χ1n) is 9.88. The molecule has 0 saturated carbocycles. The highest BCUT2D eigenvalue weighted by molar-refractivity contribution is 6.00. The molecule has 0 radical (unpaired) electrons. The number of hydrogen-bond acceptors (Lipinski definition) is 4. The number of fused-ring (bicyclic) bond motifs is 3. The summed E-state index contributed by atoms with van der Waals surface area (Å²) in [5.74, 6) is 1.85. The van der Waals surface area contributed by atoms with E-state index < -0.39 is 0 Å². The summed E-state index contributed by atoms with van der Waals surface area (Å²) < 4.78 is 7.89. The highest BCUT2D eigenvalue weighted by atomic mass is 16.3. The molecule has 1 aliphatic heterocycles. The van der Waals surface area contributed by atoms with Crippen LogP contribution in [0.25, 0.3) is 11.0 Å². The molecule has 1 N–H and O–H groups in total. The second kappa shape index (κ2) is 6.21. The van der Waals surface area contributed by atoms with Crippen LogP contribution in [0, 0.1) is 0 Å². The zero-order valence-corrected chi connectivity index (χ0v) is 15.7. The molecular weight excluding hydrogens is 362 g/mol. The Bertz CT molecular complexity index is 1250. The molecule has 0 fully saturated rings. The van der Waals surface area contributed by atoms with Crippen molar-refractivity contribution < 1.29 is 9.21 Å². The number of ketones is 1. The number of nitrogens with zero attached hydrogens (tertiary/aromatic N) is 2. The lowest BCUT2D eigenvalue weighted by atomic mass is 9.78. The standard InChI is InChI=1S/C24H19N3O2/c28-20-14-16(15-7-2-1-3-8-15)13-18-22(20)23(21-11-6-12-29-21)27-19-10-5-4-9-17(19)25-24(27)26-18/h1-12,16,23H,13-14H2,(H,25,26)/t16-,23+/m1/s1. The van der Waals surface area contributed by atoms with Crippen LogP contribution in [0.15, 0.2) is 88.7 Å². The van der Waals surface area contributed by atoms with Gasteiger partial charge >= 0.3 is 0 Å². The Kier molecular flexibility index (Phi) is 3.50. The molecule has 2 aromatic carbocycles. The molecule has 5 heteroatoms. The Morgan fingerprint density at radius 2 is 1.79 bits per heavy atom. The first-order chi connectivity index (χ1) is 14.3. The van der Waals surface area contributed by atoms with Gasteiger partial charge in [0, 0.05) is 17.7 Å². The van der Waals surface area contributed by atoms with Crippen molar-refractivity contribution in [1.82, 2.24) is 9.55 Å². The van der Waals surface area contributed by atoms with E-state index >= 15 is 0 Å². The number of anilines is 1. The number of rotatable bonds is 2. The minimum absolute atomic E-state index is 0.164. The maximum atomic E-state index is 13.4. The fourth-order valence-corrected chi connectivity index (χ4v) is 4.70. The van der Waals surface area contributed by atoms with Crippen LogP contribution in [-0.4, -0.2) is 15.3 Å². The normalized spacial score (nSPS) is 21.0. The molecule has 0 unspecified atom stereocenters. The minimum atomic E-state index is -0.298. The molecule has 2 aromatic heterocycles. The Hall–Kier alpha value is -3.60. The van der Waals surface area contributed by atoms with E-state index in [4.69, 9.17) is 9.40 Å². The van der Waals surface area contributed by atoms with E-state index in [1.54, 1.807) is 6.26 Å². The average Bonchev–Trinajstić information content (AvgIpc) is 3.40. The number of aromatic nitrogens is 2. The van der Waals surface area contributed by atoms with Gasteiger partial charge in [-0.3, -0.25) is 9.36 Å². The molecular formula is C24H19N3O2. The fraction of sp³-hybridized carbons (Fsp3) is 0.167. The highest BCUT2D eigenvalue weighted by Crippen LogP contribution is 2.45. The van der Waals surface area contributed by atoms with Crippen LogP contribution in [0.3, 0.4) is 0 Å². The Labute approximate surface area is 167 Å². The molecule has 6 rings (SSSR count). The van der Waals surface area contributed by atoms with Gasteiger partial charge in [-0.15, -0.1) is 0 Å². The molecule has 142 valence electrons. The van der Waals surface area contributed by atoms with Crippen molar-refractivity contribution in [2.24, 2.45) is 0 Å². The van der Waals surface area contributed by atoms with Crippen LogP contribution in [0.5, 0.6) is 0 Å². The number of furan rings is 1. The number of carbonyl (C=O) groups is 1. The summed E-state index contributed by atoms with van der Waals surface area (Å²) in [5, 5.41) is 3.48. The van der Waals surface area contributed by atoms with Gasteiger partial charge in [0.15, 0.2) is 5.78 Å². The fourth-order valence-electron chi connectivity index (χ4n) is 4.70. The zero-order valence-electron chi connectivity index (χ0n) is 15.7. The van der Waals surface area contributed by atoms with Crippen molar-refractivity contribution >= 4 is 22.8 Å². The van der Waals surface area contributed by atoms with Crippen LogP contribution < -0.4 is 5.32 Å². The van der Waals surface area contributed by atoms with Gasteiger partial charge in [-0.2, -0.15) is 0 Å². The largest absolute Gasteiger partial charge is 0.467 e. The molecule has 2 atom stereocenters. The summed E-state index contributed by atoms with van der Waals surface area (Å²) in [6, 6.07) is 21.8. The minimum Gasteiger partial charge on any atom is -0.467 e. The van der Waals surface area contributed by atoms with E-state index in [9.17, 15) is 4.79 Å². The quantitative estimate of drug-likeness (QED) is 0.528. The molecule has 3 heterocycles. The molecule has 0 amide bonds. The third kappa shape index (κ3) is 2.47. The summed E-state index contributed by atoms with van der Waals surface area (Å²) >= 11 is 0. The summed E-state index contributed by atoms with van der Waals surface area (Å²) in [6.45, 7) is 0. The van der Waals surface area contributed by atoms with Crippen LogP contribution in [0.4, 0.5) is 5.95 Å². The third-order valence-electron chi connectivity index (χ3n) is 5.98. The maximum absolute atomic E-state index is 13.4. The summed E-state index contributed by atoms with van der Waals surface area (Å²) in [4.78, 5) is 18.2. The van der Waals surface area contributed by atoms with E-state index in [2.05, 4.69) is 22.0 Å². The average molecular weight is 381 g/mol. The molecule has 4 aromatic rings. The van der Waals surface area contributed by atoms with Crippen LogP contribution in [0.1, 0.15) is 36.1 Å². The van der Waals surface area contributed by atoms with E-state index in [1.165, 1.54) is 5.56 Å². The first-order valence-corrected chi connectivity index (χ1v) is 9.88. The van der Waals surface area contributed by atoms with E-state index in [1.807, 2.05) is 54.6 Å². The van der Waals surface area contributed by atoms with Crippen LogP contribution in [-0.2, 0) is 4.79 Å². The molecule has 0 saturated heterocycles. The van der Waals surface area contributed by atoms with Gasteiger partial charge in [0.2, 0.25) is 5.95 Å². The maximum Gasteiger partial charge on any atom is 0.209 e. The Morgan fingerprint density at radius 3 is 2.62 bits per heavy atom. The summed E-state index contributed by atoms with van der Waals surface area (Å²) in [5.41, 5.74) is 4.84. The monoisotopic (exact) mass is 381 g/mol. The first kappa shape index (κ1) is 16.4. The van der Waals surface area contributed by atoms with Gasteiger partial charge in [-0.05, 0) is 42.2 Å². The van der Waals surface area contributed by atoms with Gasteiger partial charge in [0.05, 0.1) is 17.3 Å². The highest BCUT2D eigenvalue weighted by Gasteiger charge is 2.40. The number of nitrogens with one attached hydrogen (secondary N) is 1. The smallest absolute Gasteiger partial charge is 0.209 e. The molecule has 2 aliphatic rings. The predicted octanol–water partition coefficient (Wildman–Crippen LogP) is 5.05. The number of allylic oxidation sites excluding steroid dienone is 2. The van der Waals surface area contributed by atoms with Gasteiger partial charge in [-0.1, -0.05) is 42.5 Å². The second-order valence-electron chi connectivity index (χ2n) is 7.67. The lowest BCUT2D eigenvalue weighted by Gasteiger charge is -2.35. The Balaban J connectivity index is 1.53. The summed E-state index contributed by atoms with van der Waals surface area (Å²) in [6.07, 6.45) is 2.95. The lowest BCUT2D eigenvalue weighted by molar-refractivity contribution is -0.116. The number of hydrogen-bond donors (Lipinski definition) is 1. The van der Waals surface area contributed by atoms with E-state index in [-0.39, 0.29) is 17.7 Å². The molecule has 5 nitrogen and oxygen atoms in total. The van der Waals surface area contributed by atoms with Crippen molar-refractivity contribution in [3.8, 4) is 0 Å². The van der Waals surface area contributed by atoms with Gasteiger partial charge in [0.1, 0.15) is 11.8 Å². The second-order valence-corrected chi connectivity index (χ2v) is 7.67. The Morgan fingerprint density at radius 1 is 0.966 bits per heavy atom. The molecule has 0 bridgehead atoms. The molecule has 0 spiro atoms. The molecule has 1 aliphatic carbocycles. The van der Waals surface area contributed by atoms with Crippen molar-refractivity contribution in [2.75, 3.05) is 5.32 Å². The number of benzene rings is 2. The number of para-hydroxylation sites is 2. The van der Waals surface area contributed by atoms with Crippen molar-refractivity contribution in [2.45, 2.75) is 24.8 Å². The topological polar surface area (TPSA) is 60.1 Å². The number of Topliss-reactive ketones (excluding diaryl/α,β-unsaturated/α-hetero) is 1. The van der Waals surface area contributed by atoms with Crippen molar-refractivity contribution in [3.05, 3.63) is 95.6 Å². The van der Waals surface area contributed by atoms with Gasteiger partial charge in [-0.25, -0.2) is 4.98 Å². The third-order valence-corrected chi connectivity index (χ3v) is 5.98. The summed E-state index contributed by atoms with van der Waals surface area (Å²) in [7, 11) is 0.